The fraction of sp³-hybridized carbons (Fsp3) is 0.480. The van der Waals surface area contributed by atoms with Crippen molar-refractivity contribution in [2.75, 3.05) is 32.8 Å². The summed E-state index contributed by atoms with van der Waals surface area (Å²) in [5.41, 5.74) is 0.781. The van der Waals surface area contributed by atoms with Gasteiger partial charge in [0.2, 0.25) is 11.8 Å². The maximum atomic E-state index is 12.9. The van der Waals surface area contributed by atoms with Crippen LogP contribution < -0.4 is 5.32 Å². The minimum absolute atomic E-state index is 0.0567. The average Bonchev–Trinajstić information content (AvgIpc) is 3.18. The van der Waals surface area contributed by atoms with Gasteiger partial charge in [-0.1, -0.05) is 42.5 Å². The van der Waals surface area contributed by atoms with Crippen LogP contribution in [-0.4, -0.2) is 66.0 Å². The third-order valence-electron chi connectivity index (χ3n) is 6.57. The summed E-state index contributed by atoms with van der Waals surface area (Å²) >= 11 is 0. The molecule has 2 saturated heterocycles. The Kier molecular flexibility index (Phi) is 6.63. The van der Waals surface area contributed by atoms with Crippen molar-refractivity contribution in [1.29, 1.82) is 0 Å². The molecular weight excluding hydrogens is 406 g/mol. The predicted octanol–water partition coefficient (Wildman–Crippen LogP) is 3.11. The van der Waals surface area contributed by atoms with E-state index in [2.05, 4.69) is 35.6 Å². The number of hydrogen-bond donors (Lipinski definition) is 1. The van der Waals surface area contributed by atoms with Gasteiger partial charge in [-0.3, -0.25) is 9.59 Å². The number of piperazine rings is 1. The Balaban J connectivity index is 1.37. The minimum atomic E-state index is -0.387. The molecule has 0 aromatic heterocycles. The molecule has 2 heterocycles. The lowest BCUT2D eigenvalue weighted by molar-refractivity contribution is -0.133. The number of fused-ring (bicyclic) bond motifs is 1. The third kappa shape index (κ3) is 5.03. The Labute approximate surface area is 188 Å². The van der Waals surface area contributed by atoms with Gasteiger partial charge in [-0.2, -0.15) is 0 Å². The number of ether oxygens (including phenoxy) is 1. The Morgan fingerprint density at radius 3 is 2.44 bits per heavy atom. The zero-order valence-corrected chi connectivity index (χ0v) is 18.6. The molecule has 0 bridgehead atoms. The minimum Gasteiger partial charge on any atom is -0.450 e. The van der Waals surface area contributed by atoms with Crippen molar-refractivity contribution < 1.29 is 19.1 Å². The maximum absolute atomic E-state index is 12.9. The third-order valence-corrected chi connectivity index (χ3v) is 6.57. The molecule has 4 rings (SSSR count). The second kappa shape index (κ2) is 9.59. The van der Waals surface area contributed by atoms with Crippen molar-refractivity contribution in [2.24, 2.45) is 0 Å². The van der Waals surface area contributed by atoms with E-state index in [-0.39, 0.29) is 23.4 Å². The van der Waals surface area contributed by atoms with E-state index in [4.69, 9.17) is 4.74 Å². The monoisotopic (exact) mass is 437 g/mol. The second-order valence-corrected chi connectivity index (χ2v) is 8.75. The van der Waals surface area contributed by atoms with Crippen molar-refractivity contribution >= 4 is 28.7 Å². The molecule has 0 aliphatic carbocycles. The summed E-state index contributed by atoms with van der Waals surface area (Å²) in [7, 11) is 0. The molecule has 1 N–H and O–H groups in total. The average molecular weight is 438 g/mol. The Bertz CT molecular complexity index is 1000. The highest BCUT2D eigenvalue weighted by Gasteiger charge is 2.38. The van der Waals surface area contributed by atoms with Crippen LogP contribution in [0.2, 0.25) is 0 Å². The van der Waals surface area contributed by atoms with Crippen LogP contribution >= 0.6 is 0 Å². The molecule has 0 unspecified atom stereocenters. The van der Waals surface area contributed by atoms with Crippen LogP contribution in [0.5, 0.6) is 0 Å². The highest BCUT2D eigenvalue weighted by Crippen LogP contribution is 2.31. The second-order valence-electron chi connectivity index (χ2n) is 8.75. The van der Waals surface area contributed by atoms with E-state index in [1.54, 1.807) is 11.8 Å². The van der Waals surface area contributed by atoms with Gasteiger partial charge in [-0.15, -0.1) is 0 Å². The molecule has 0 spiro atoms. The lowest BCUT2D eigenvalue weighted by Gasteiger charge is -2.35. The van der Waals surface area contributed by atoms with E-state index in [1.165, 1.54) is 16.3 Å². The van der Waals surface area contributed by atoms with Gasteiger partial charge in [0, 0.05) is 44.6 Å². The Morgan fingerprint density at radius 1 is 1.03 bits per heavy atom. The summed E-state index contributed by atoms with van der Waals surface area (Å²) in [4.78, 5) is 40.3. The summed E-state index contributed by atoms with van der Waals surface area (Å²) < 4.78 is 5.04. The van der Waals surface area contributed by atoms with E-state index in [9.17, 15) is 14.4 Å². The van der Waals surface area contributed by atoms with Crippen molar-refractivity contribution in [3.63, 3.8) is 0 Å². The molecular formula is C25H31N3O4. The van der Waals surface area contributed by atoms with Crippen LogP contribution in [0, 0.1) is 0 Å². The van der Waals surface area contributed by atoms with Gasteiger partial charge in [0.25, 0.3) is 0 Å². The molecule has 0 radical (unpaired) electrons. The van der Waals surface area contributed by atoms with E-state index in [1.807, 2.05) is 17.0 Å². The summed E-state index contributed by atoms with van der Waals surface area (Å²) in [5.74, 6) is 0.133. The molecule has 2 fully saturated rings. The van der Waals surface area contributed by atoms with Crippen LogP contribution in [0.1, 0.15) is 38.2 Å². The molecule has 2 aromatic carbocycles. The molecule has 170 valence electrons. The number of rotatable bonds is 6. The van der Waals surface area contributed by atoms with Gasteiger partial charge in [-0.25, -0.2) is 4.79 Å². The smallest absolute Gasteiger partial charge is 0.409 e. The number of benzene rings is 2. The molecule has 2 aliphatic rings. The van der Waals surface area contributed by atoms with E-state index < -0.39 is 0 Å². The molecule has 2 aliphatic heterocycles. The SMILES string of the molecule is CCOC(=O)N1CCN(C(=O)CC[C@@]2(Cc3ccc4ccccc4c3)CCC(=O)N2)CC1. The molecule has 32 heavy (non-hydrogen) atoms. The number of carbonyl (C=O) groups is 3. The number of carbonyl (C=O) groups excluding carboxylic acids is 3. The fourth-order valence-corrected chi connectivity index (χ4v) is 4.78. The van der Waals surface area contributed by atoms with Crippen LogP contribution in [0.25, 0.3) is 10.8 Å². The molecule has 1 atom stereocenters. The van der Waals surface area contributed by atoms with E-state index in [0.717, 1.165) is 6.42 Å². The van der Waals surface area contributed by atoms with Gasteiger partial charge in [0.1, 0.15) is 0 Å². The van der Waals surface area contributed by atoms with E-state index in [0.29, 0.717) is 58.5 Å². The maximum Gasteiger partial charge on any atom is 0.409 e. The lowest BCUT2D eigenvalue weighted by Crippen LogP contribution is -2.51. The molecule has 0 saturated carbocycles. The van der Waals surface area contributed by atoms with Crippen molar-refractivity contribution in [2.45, 2.75) is 44.6 Å². The number of nitrogens with one attached hydrogen (secondary N) is 1. The highest BCUT2D eigenvalue weighted by molar-refractivity contribution is 5.83. The summed E-state index contributed by atoms with van der Waals surface area (Å²) in [6.07, 6.45) is 2.63. The molecule has 7 nitrogen and oxygen atoms in total. The van der Waals surface area contributed by atoms with Crippen LogP contribution in [0.4, 0.5) is 4.79 Å². The van der Waals surface area contributed by atoms with Crippen molar-refractivity contribution in [3.05, 3.63) is 48.0 Å². The number of amides is 3. The number of hydrogen-bond acceptors (Lipinski definition) is 4. The quantitative estimate of drug-likeness (QED) is 0.753. The summed E-state index contributed by atoms with van der Waals surface area (Å²) in [6, 6.07) is 14.6. The van der Waals surface area contributed by atoms with Gasteiger partial charge in [-0.05, 0) is 42.5 Å². The van der Waals surface area contributed by atoms with Gasteiger partial charge in [0.05, 0.1) is 6.61 Å². The normalized spacial score (nSPS) is 21.0. The topological polar surface area (TPSA) is 79.0 Å². The first kappa shape index (κ1) is 22.1. The van der Waals surface area contributed by atoms with Crippen LogP contribution in [0.3, 0.4) is 0 Å². The summed E-state index contributed by atoms with van der Waals surface area (Å²) in [6.45, 7) is 4.15. The first-order valence-electron chi connectivity index (χ1n) is 11.5. The zero-order valence-electron chi connectivity index (χ0n) is 18.6. The Hall–Kier alpha value is -3.09. The molecule has 7 heteroatoms. The zero-order chi connectivity index (χ0) is 22.6. The molecule has 2 aromatic rings. The van der Waals surface area contributed by atoms with Crippen LogP contribution in [0.15, 0.2) is 42.5 Å². The van der Waals surface area contributed by atoms with Gasteiger partial charge >= 0.3 is 6.09 Å². The van der Waals surface area contributed by atoms with Gasteiger partial charge < -0.3 is 19.9 Å². The van der Waals surface area contributed by atoms with Crippen molar-refractivity contribution in [3.8, 4) is 0 Å². The number of nitrogens with zero attached hydrogens (tertiary/aromatic N) is 2. The highest BCUT2D eigenvalue weighted by atomic mass is 16.6. The molecule has 3 amide bonds. The standard InChI is InChI=1S/C25H31N3O4/c1-2-32-24(31)28-15-13-27(14-16-28)23(30)10-12-25(11-9-22(29)26-25)18-19-7-8-20-5-3-4-6-21(20)17-19/h3-8,17H,2,9-16,18H2,1H3,(H,26,29)/t25-/m1/s1. The Morgan fingerprint density at radius 2 is 1.75 bits per heavy atom. The first-order valence-corrected chi connectivity index (χ1v) is 11.5. The predicted molar refractivity (Wildman–Crippen MR) is 122 cm³/mol. The largest absolute Gasteiger partial charge is 0.450 e. The van der Waals surface area contributed by atoms with Crippen LogP contribution in [-0.2, 0) is 20.7 Å². The van der Waals surface area contributed by atoms with E-state index >= 15 is 0 Å². The van der Waals surface area contributed by atoms with Gasteiger partial charge in [0.15, 0.2) is 0 Å². The lowest BCUT2D eigenvalue weighted by atomic mass is 9.84. The van der Waals surface area contributed by atoms with Crippen molar-refractivity contribution in [1.82, 2.24) is 15.1 Å². The fourth-order valence-electron chi connectivity index (χ4n) is 4.78. The first-order chi connectivity index (χ1) is 15.5. The summed E-state index contributed by atoms with van der Waals surface area (Å²) in [5, 5.41) is 5.55.